The average Bonchev–Trinajstić information content (AvgIpc) is 2.92. The van der Waals surface area contributed by atoms with Gasteiger partial charge in [-0.25, -0.2) is 0 Å². The molecule has 1 heterocycles. The lowest BCUT2D eigenvalue weighted by Crippen LogP contribution is -2.22. The van der Waals surface area contributed by atoms with E-state index in [-0.39, 0.29) is 0 Å². The first-order valence-electron chi connectivity index (χ1n) is 7.57. The number of rotatable bonds is 7. The molecule has 0 radical (unpaired) electrons. The van der Waals surface area contributed by atoms with E-state index in [0.717, 1.165) is 25.9 Å². The molecule has 0 fully saturated rings. The van der Waals surface area contributed by atoms with Crippen molar-refractivity contribution in [3.63, 3.8) is 0 Å². The lowest BCUT2D eigenvalue weighted by Gasteiger charge is -2.17. The van der Waals surface area contributed by atoms with E-state index < -0.39 is 0 Å². The molecule has 0 saturated heterocycles. The summed E-state index contributed by atoms with van der Waals surface area (Å²) in [6.45, 7) is 8.64. The molecule has 0 amide bonds. The summed E-state index contributed by atoms with van der Waals surface area (Å²) in [4.78, 5) is 3.00. The molecule has 20 heavy (non-hydrogen) atoms. The van der Waals surface area contributed by atoms with Gasteiger partial charge in [-0.3, -0.25) is 0 Å². The highest BCUT2D eigenvalue weighted by Crippen LogP contribution is 2.25. The average molecular weight is 287 g/mol. The number of aryl methyl sites for hydroxylation is 2. The van der Waals surface area contributed by atoms with Crippen molar-refractivity contribution in [2.45, 2.75) is 39.5 Å². The van der Waals surface area contributed by atoms with E-state index in [2.05, 4.69) is 62.5 Å². The zero-order valence-corrected chi connectivity index (χ0v) is 13.6. The van der Waals surface area contributed by atoms with Crippen molar-refractivity contribution in [1.29, 1.82) is 0 Å². The molecule has 0 aliphatic heterocycles. The van der Waals surface area contributed by atoms with Gasteiger partial charge < -0.3 is 5.32 Å². The SMILES string of the molecule is CCNCC(Cc1ccc(CC)s1)c1ccc(C)cc1. The molecule has 108 valence electrons. The lowest BCUT2D eigenvalue weighted by atomic mass is 9.94. The third-order valence-electron chi connectivity index (χ3n) is 3.70. The van der Waals surface area contributed by atoms with Crippen molar-refractivity contribution in [2.75, 3.05) is 13.1 Å². The minimum atomic E-state index is 0.568. The van der Waals surface area contributed by atoms with Gasteiger partial charge in [-0.2, -0.15) is 0 Å². The van der Waals surface area contributed by atoms with Crippen LogP contribution in [0.1, 0.15) is 40.6 Å². The first-order chi connectivity index (χ1) is 9.72. The molecule has 0 aliphatic carbocycles. The van der Waals surface area contributed by atoms with E-state index in [0.29, 0.717) is 5.92 Å². The Morgan fingerprint density at radius 2 is 1.70 bits per heavy atom. The second-order valence-corrected chi connectivity index (χ2v) is 6.59. The van der Waals surface area contributed by atoms with Crippen molar-refractivity contribution in [3.8, 4) is 0 Å². The molecule has 0 aliphatic rings. The Bertz CT molecular complexity index is 512. The Balaban J connectivity index is 2.12. The van der Waals surface area contributed by atoms with E-state index >= 15 is 0 Å². The fourth-order valence-electron chi connectivity index (χ4n) is 2.43. The Morgan fingerprint density at radius 1 is 1.00 bits per heavy atom. The Labute approximate surface area is 127 Å². The van der Waals surface area contributed by atoms with Crippen LogP contribution in [0.4, 0.5) is 0 Å². The molecule has 2 rings (SSSR count). The number of nitrogens with one attached hydrogen (secondary N) is 1. The summed E-state index contributed by atoms with van der Waals surface area (Å²) in [7, 11) is 0. The summed E-state index contributed by atoms with van der Waals surface area (Å²) in [5.41, 5.74) is 2.78. The molecule has 2 aromatic rings. The van der Waals surface area contributed by atoms with E-state index in [9.17, 15) is 0 Å². The van der Waals surface area contributed by atoms with Crippen LogP contribution in [0.5, 0.6) is 0 Å². The number of hydrogen-bond donors (Lipinski definition) is 1. The Morgan fingerprint density at radius 3 is 2.30 bits per heavy atom. The summed E-state index contributed by atoms with van der Waals surface area (Å²) in [6.07, 6.45) is 2.29. The standard InChI is InChI=1S/C18H25NS/c1-4-17-10-11-18(20-17)12-16(13-19-5-2)15-8-6-14(3)7-9-15/h6-11,16,19H,4-5,12-13H2,1-3H3. The van der Waals surface area contributed by atoms with E-state index in [1.165, 1.54) is 20.9 Å². The normalized spacial score (nSPS) is 12.6. The second-order valence-electron chi connectivity index (χ2n) is 5.34. The van der Waals surface area contributed by atoms with Crippen LogP contribution in [-0.2, 0) is 12.8 Å². The van der Waals surface area contributed by atoms with Crippen LogP contribution in [0.25, 0.3) is 0 Å². The topological polar surface area (TPSA) is 12.0 Å². The van der Waals surface area contributed by atoms with Crippen LogP contribution in [0, 0.1) is 6.92 Å². The quantitative estimate of drug-likeness (QED) is 0.787. The number of benzene rings is 1. The van der Waals surface area contributed by atoms with E-state index in [1.807, 2.05) is 11.3 Å². The molecule has 0 bridgehead atoms. The van der Waals surface area contributed by atoms with Crippen molar-refractivity contribution in [2.24, 2.45) is 0 Å². The fourth-order valence-corrected chi connectivity index (χ4v) is 3.47. The lowest BCUT2D eigenvalue weighted by molar-refractivity contribution is 0.598. The zero-order chi connectivity index (χ0) is 14.4. The number of likely N-dealkylation sites (N-methyl/N-ethyl adjacent to an activating group) is 1. The van der Waals surface area contributed by atoms with Gasteiger partial charge in [-0.05, 0) is 44.0 Å². The van der Waals surface area contributed by atoms with Crippen molar-refractivity contribution < 1.29 is 0 Å². The monoisotopic (exact) mass is 287 g/mol. The van der Waals surface area contributed by atoms with Gasteiger partial charge in [0.05, 0.1) is 0 Å². The van der Waals surface area contributed by atoms with Gasteiger partial charge in [-0.1, -0.05) is 43.7 Å². The van der Waals surface area contributed by atoms with Gasteiger partial charge in [-0.15, -0.1) is 11.3 Å². The highest BCUT2D eigenvalue weighted by atomic mass is 32.1. The van der Waals surface area contributed by atoms with Gasteiger partial charge in [0.25, 0.3) is 0 Å². The zero-order valence-electron chi connectivity index (χ0n) is 12.8. The molecule has 1 N–H and O–H groups in total. The summed E-state index contributed by atoms with van der Waals surface area (Å²) in [5.74, 6) is 0.568. The summed E-state index contributed by atoms with van der Waals surface area (Å²) in [6, 6.07) is 13.6. The van der Waals surface area contributed by atoms with Gasteiger partial charge >= 0.3 is 0 Å². The highest BCUT2D eigenvalue weighted by Gasteiger charge is 2.13. The van der Waals surface area contributed by atoms with Crippen molar-refractivity contribution >= 4 is 11.3 Å². The van der Waals surface area contributed by atoms with Gasteiger partial charge in [0.2, 0.25) is 0 Å². The van der Waals surface area contributed by atoms with Gasteiger partial charge in [0.1, 0.15) is 0 Å². The molecule has 0 saturated carbocycles. The smallest absolute Gasteiger partial charge is 0.00547 e. The molecule has 1 nitrogen and oxygen atoms in total. The number of hydrogen-bond acceptors (Lipinski definition) is 2. The predicted molar refractivity (Wildman–Crippen MR) is 89.9 cm³/mol. The first kappa shape index (κ1) is 15.3. The third kappa shape index (κ3) is 4.19. The third-order valence-corrected chi connectivity index (χ3v) is 4.95. The fraction of sp³-hybridized carbons (Fsp3) is 0.444. The van der Waals surface area contributed by atoms with E-state index in [4.69, 9.17) is 0 Å². The minimum absolute atomic E-state index is 0.568. The number of thiophene rings is 1. The largest absolute Gasteiger partial charge is 0.316 e. The highest BCUT2D eigenvalue weighted by molar-refractivity contribution is 7.11. The molecular weight excluding hydrogens is 262 g/mol. The minimum Gasteiger partial charge on any atom is -0.316 e. The predicted octanol–water partition coefficient (Wildman–Crippen LogP) is 4.55. The van der Waals surface area contributed by atoms with Gasteiger partial charge in [0.15, 0.2) is 0 Å². The second kappa shape index (κ2) is 7.61. The van der Waals surface area contributed by atoms with Gasteiger partial charge in [0, 0.05) is 22.2 Å². The first-order valence-corrected chi connectivity index (χ1v) is 8.39. The molecule has 1 aromatic carbocycles. The van der Waals surface area contributed by atoms with Crippen LogP contribution < -0.4 is 5.32 Å². The Hall–Kier alpha value is -1.12. The summed E-state index contributed by atoms with van der Waals surface area (Å²) in [5, 5.41) is 3.51. The van der Waals surface area contributed by atoms with Crippen molar-refractivity contribution in [1.82, 2.24) is 5.32 Å². The maximum atomic E-state index is 3.51. The maximum absolute atomic E-state index is 3.51. The van der Waals surface area contributed by atoms with Crippen LogP contribution in [-0.4, -0.2) is 13.1 Å². The summed E-state index contributed by atoms with van der Waals surface area (Å²) >= 11 is 1.96. The molecule has 2 heteroatoms. The Kier molecular flexibility index (Phi) is 5.81. The van der Waals surface area contributed by atoms with Crippen LogP contribution >= 0.6 is 11.3 Å². The molecule has 1 unspecified atom stereocenters. The van der Waals surface area contributed by atoms with Crippen LogP contribution in [0.3, 0.4) is 0 Å². The molecule has 1 atom stereocenters. The molecular formula is C18H25NS. The molecule has 1 aromatic heterocycles. The van der Waals surface area contributed by atoms with Crippen LogP contribution in [0.15, 0.2) is 36.4 Å². The van der Waals surface area contributed by atoms with Crippen molar-refractivity contribution in [3.05, 3.63) is 57.3 Å². The van der Waals surface area contributed by atoms with E-state index in [1.54, 1.807) is 0 Å². The van der Waals surface area contributed by atoms with Crippen LogP contribution in [0.2, 0.25) is 0 Å². The molecule has 0 spiro atoms. The summed E-state index contributed by atoms with van der Waals surface area (Å²) < 4.78 is 0. The maximum Gasteiger partial charge on any atom is 0.00547 e.